The predicted molar refractivity (Wildman–Crippen MR) is 78.7 cm³/mol. The third-order valence-electron chi connectivity index (χ3n) is 2.96. The van der Waals surface area contributed by atoms with Crippen molar-refractivity contribution < 1.29 is 4.79 Å². The lowest BCUT2D eigenvalue weighted by atomic mass is 10.1. The van der Waals surface area contributed by atoms with Crippen molar-refractivity contribution in [3.05, 3.63) is 85.3 Å². The molecule has 0 aliphatic rings. The van der Waals surface area contributed by atoms with Gasteiger partial charge in [-0.1, -0.05) is 49.0 Å². The number of benzene rings is 2. The summed E-state index contributed by atoms with van der Waals surface area (Å²) in [5, 5.41) is 0. The summed E-state index contributed by atoms with van der Waals surface area (Å²) in [6, 6.07) is 17.4. The van der Waals surface area contributed by atoms with Crippen LogP contribution in [-0.2, 0) is 11.3 Å². The van der Waals surface area contributed by atoms with E-state index in [-0.39, 0.29) is 5.91 Å². The Labute approximate surface area is 114 Å². The summed E-state index contributed by atoms with van der Waals surface area (Å²) in [6.45, 7) is 8.05. The van der Waals surface area contributed by atoms with Crippen LogP contribution in [-0.4, -0.2) is 5.91 Å². The standard InChI is InChI=1S/C17H16NO/c1-3-17(19)18(16-11-5-4-6-12-16)13-15-10-8-7-9-14(15)2/h3-12H,1-2,13H2. The lowest BCUT2D eigenvalue weighted by Crippen LogP contribution is -2.28. The highest BCUT2D eigenvalue weighted by atomic mass is 16.2. The van der Waals surface area contributed by atoms with Crippen molar-refractivity contribution in [1.29, 1.82) is 0 Å². The maximum atomic E-state index is 12.0. The van der Waals surface area contributed by atoms with E-state index in [1.54, 1.807) is 4.90 Å². The Morgan fingerprint density at radius 3 is 2.32 bits per heavy atom. The Balaban J connectivity index is 2.32. The monoisotopic (exact) mass is 250 g/mol. The number of rotatable bonds is 4. The van der Waals surface area contributed by atoms with E-state index >= 15 is 0 Å². The highest BCUT2D eigenvalue weighted by Gasteiger charge is 2.13. The molecule has 2 rings (SSSR count). The summed E-state index contributed by atoms with van der Waals surface area (Å²) >= 11 is 0. The molecular formula is C17H16NO. The number of hydrogen-bond donors (Lipinski definition) is 0. The van der Waals surface area contributed by atoms with E-state index in [1.165, 1.54) is 6.08 Å². The molecule has 2 aromatic carbocycles. The molecule has 0 N–H and O–H groups in total. The molecule has 95 valence electrons. The molecule has 19 heavy (non-hydrogen) atoms. The first-order valence-corrected chi connectivity index (χ1v) is 6.11. The van der Waals surface area contributed by atoms with Crippen molar-refractivity contribution in [2.24, 2.45) is 0 Å². The van der Waals surface area contributed by atoms with Crippen molar-refractivity contribution >= 4 is 11.6 Å². The van der Waals surface area contributed by atoms with Gasteiger partial charge in [0.2, 0.25) is 0 Å². The Hall–Kier alpha value is -2.35. The van der Waals surface area contributed by atoms with Gasteiger partial charge in [-0.25, -0.2) is 0 Å². The second-order valence-corrected chi connectivity index (χ2v) is 4.23. The minimum absolute atomic E-state index is 0.116. The summed E-state index contributed by atoms with van der Waals surface area (Å²) in [5.41, 5.74) is 2.82. The fourth-order valence-corrected chi connectivity index (χ4v) is 1.90. The zero-order valence-electron chi connectivity index (χ0n) is 10.8. The molecule has 1 amide bonds. The van der Waals surface area contributed by atoms with Crippen molar-refractivity contribution in [2.75, 3.05) is 4.90 Å². The molecule has 0 aliphatic heterocycles. The van der Waals surface area contributed by atoms with Crippen molar-refractivity contribution in [2.45, 2.75) is 6.54 Å². The summed E-state index contributed by atoms with van der Waals surface area (Å²) in [5.74, 6) is -0.116. The topological polar surface area (TPSA) is 20.3 Å². The first-order chi connectivity index (χ1) is 9.22. The number of para-hydroxylation sites is 1. The third kappa shape index (κ3) is 3.10. The number of amides is 1. The van der Waals surface area contributed by atoms with Gasteiger partial charge >= 0.3 is 0 Å². The molecule has 2 heteroatoms. The Morgan fingerprint density at radius 1 is 1.05 bits per heavy atom. The van der Waals surface area contributed by atoms with Crippen LogP contribution in [0.25, 0.3) is 0 Å². The van der Waals surface area contributed by atoms with Gasteiger partial charge in [0.25, 0.3) is 5.91 Å². The van der Waals surface area contributed by atoms with Gasteiger partial charge in [-0.15, -0.1) is 0 Å². The van der Waals surface area contributed by atoms with Crippen LogP contribution in [0.2, 0.25) is 0 Å². The van der Waals surface area contributed by atoms with Crippen LogP contribution in [0.4, 0.5) is 5.69 Å². The molecule has 2 nitrogen and oxygen atoms in total. The van der Waals surface area contributed by atoms with E-state index in [0.717, 1.165) is 16.8 Å². The second-order valence-electron chi connectivity index (χ2n) is 4.23. The van der Waals surface area contributed by atoms with Crippen LogP contribution < -0.4 is 4.90 Å². The van der Waals surface area contributed by atoms with Gasteiger partial charge in [-0.3, -0.25) is 4.79 Å². The molecule has 0 atom stereocenters. The number of nitrogens with zero attached hydrogens (tertiary/aromatic N) is 1. The first-order valence-electron chi connectivity index (χ1n) is 6.11. The molecule has 0 saturated heterocycles. The molecule has 0 aliphatic carbocycles. The van der Waals surface area contributed by atoms with Crippen LogP contribution in [0.5, 0.6) is 0 Å². The van der Waals surface area contributed by atoms with E-state index in [2.05, 4.69) is 13.5 Å². The molecule has 0 spiro atoms. The van der Waals surface area contributed by atoms with E-state index in [9.17, 15) is 4.79 Å². The minimum atomic E-state index is -0.116. The van der Waals surface area contributed by atoms with Gasteiger partial charge in [-0.2, -0.15) is 0 Å². The van der Waals surface area contributed by atoms with Gasteiger partial charge in [0, 0.05) is 5.69 Å². The largest absolute Gasteiger partial charge is 0.304 e. The molecular weight excluding hydrogens is 234 g/mol. The van der Waals surface area contributed by atoms with E-state index in [1.807, 2.05) is 54.6 Å². The third-order valence-corrected chi connectivity index (χ3v) is 2.96. The Morgan fingerprint density at radius 2 is 1.68 bits per heavy atom. The SMILES string of the molecule is [CH2]c1ccccc1CN(C(=O)C=C)c1ccccc1. The van der Waals surface area contributed by atoms with Crippen molar-refractivity contribution in [3.63, 3.8) is 0 Å². The van der Waals surface area contributed by atoms with Crippen LogP contribution in [0.3, 0.4) is 0 Å². The van der Waals surface area contributed by atoms with Gasteiger partial charge < -0.3 is 4.90 Å². The van der Waals surface area contributed by atoms with Crippen molar-refractivity contribution in [1.82, 2.24) is 0 Å². The molecule has 0 unspecified atom stereocenters. The van der Waals surface area contributed by atoms with Crippen molar-refractivity contribution in [3.8, 4) is 0 Å². The molecule has 2 aromatic rings. The zero-order chi connectivity index (χ0) is 13.7. The lowest BCUT2D eigenvalue weighted by molar-refractivity contribution is -0.114. The Kier molecular flexibility index (Phi) is 4.14. The molecule has 0 aromatic heterocycles. The molecule has 0 heterocycles. The maximum absolute atomic E-state index is 12.0. The summed E-state index contributed by atoms with van der Waals surface area (Å²) in [7, 11) is 0. The number of carbonyl (C=O) groups is 1. The normalized spacial score (nSPS) is 9.95. The highest BCUT2D eigenvalue weighted by Crippen LogP contribution is 2.19. The predicted octanol–water partition coefficient (Wildman–Crippen LogP) is 3.59. The maximum Gasteiger partial charge on any atom is 0.250 e. The Bertz CT molecular complexity index is 575. The minimum Gasteiger partial charge on any atom is -0.304 e. The lowest BCUT2D eigenvalue weighted by Gasteiger charge is -2.22. The van der Waals surface area contributed by atoms with Gasteiger partial charge in [0.1, 0.15) is 0 Å². The molecule has 0 saturated carbocycles. The van der Waals surface area contributed by atoms with Gasteiger partial charge in [0.15, 0.2) is 0 Å². The van der Waals surface area contributed by atoms with Gasteiger partial charge in [0.05, 0.1) is 6.54 Å². The number of carbonyl (C=O) groups excluding carboxylic acids is 1. The van der Waals surface area contributed by atoms with E-state index in [4.69, 9.17) is 0 Å². The second kappa shape index (κ2) is 6.01. The number of anilines is 1. The fraction of sp³-hybridized carbons (Fsp3) is 0.0588. The highest BCUT2D eigenvalue weighted by molar-refractivity contribution is 6.00. The fourth-order valence-electron chi connectivity index (χ4n) is 1.90. The smallest absolute Gasteiger partial charge is 0.250 e. The average molecular weight is 250 g/mol. The van der Waals surface area contributed by atoms with Crippen LogP contribution in [0.1, 0.15) is 11.1 Å². The van der Waals surface area contributed by atoms with Crippen LogP contribution in [0, 0.1) is 6.92 Å². The zero-order valence-corrected chi connectivity index (χ0v) is 10.8. The van der Waals surface area contributed by atoms with Gasteiger partial charge in [-0.05, 0) is 36.3 Å². The molecule has 1 radical (unpaired) electrons. The van der Waals surface area contributed by atoms with E-state index in [0.29, 0.717) is 6.54 Å². The molecule has 0 bridgehead atoms. The summed E-state index contributed by atoms with van der Waals surface area (Å²) in [4.78, 5) is 13.7. The van der Waals surface area contributed by atoms with E-state index < -0.39 is 0 Å². The quantitative estimate of drug-likeness (QED) is 0.759. The summed E-state index contributed by atoms with van der Waals surface area (Å²) in [6.07, 6.45) is 1.33. The number of hydrogen-bond acceptors (Lipinski definition) is 1. The summed E-state index contributed by atoms with van der Waals surface area (Å²) < 4.78 is 0. The first kappa shape index (κ1) is 13.1. The molecule has 0 fully saturated rings. The van der Waals surface area contributed by atoms with Crippen LogP contribution in [0.15, 0.2) is 67.3 Å². The van der Waals surface area contributed by atoms with Crippen LogP contribution >= 0.6 is 0 Å². The average Bonchev–Trinajstić information content (AvgIpc) is 2.46.